The van der Waals surface area contributed by atoms with Crippen molar-refractivity contribution in [3.8, 4) is 11.5 Å². The first-order chi connectivity index (χ1) is 9.66. The summed E-state index contributed by atoms with van der Waals surface area (Å²) in [4.78, 5) is 14.4. The number of rotatable bonds is 3. The largest absolute Gasteiger partial charge is 0.461 e. The number of likely N-dealkylation sites (tertiary alicyclic amines) is 1. The van der Waals surface area contributed by atoms with Gasteiger partial charge in [-0.15, -0.1) is 0 Å². The molecule has 5 heteroatoms. The summed E-state index contributed by atoms with van der Waals surface area (Å²) in [6.45, 7) is 5.09. The molecule has 0 unspecified atom stereocenters. The van der Waals surface area contributed by atoms with Crippen molar-refractivity contribution in [2.75, 3.05) is 6.54 Å². The molecule has 1 saturated heterocycles. The molecule has 1 amide bonds. The van der Waals surface area contributed by atoms with Gasteiger partial charge in [-0.25, -0.2) is 0 Å². The lowest BCUT2D eigenvalue weighted by Gasteiger charge is -2.26. The highest BCUT2D eigenvalue weighted by Crippen LogP contribution is 2.27. The Labute approximate surface area is 117 Å². The molecule has 0 N–H and O–H groups in total. The maximum absolute atomic E-state index is 12.5. The summed E-state index contributed by atoms with van der Waals surface area (Å²) in [5, 5.41) is 3.88. The SMILES string of the molecule is CC(C)[C@H]1CCCN1C(=O)c1cc(-c2ccco2)on1. The van der Waals surface area contributed by atoms with Crippen LogP contribution in [0, 0.1) is 5.92 Å². The van der Waals surface area contributed by atoms with Crippen LogP contribution in [0.1, 0.15) is 37.2 Å². The zero-order valence-electron chi connectivity index (χ0n) is 11.7. The van der Waals surface area contributed by atoms with Crippen LogP contribution in [-0.2, 0) is 0 Å². The first-order valence-corrected chi connectivity index (χ1v) is 6.98. The van der Waals surface area contributed by atoms with Gasteiger partial charge in [0.2, 0.25) is 5.76 Å². The Morgan fingerprint density at radius 3 is 3.00 bits per heavy atom. The Kier molecular flexibility index (Phi) is 3.34. The van der Waals surface area contributed by atoms with E-state index >= 15 is 0 Å². The van der Waals surface area contributed by atoms with Crippen molar-refractivity contribution in [1.29, 1.82) is 0 Å². The number of hydrogen-bond donors (Lipinski definition) is 0. The number of hydrogen-bond acceptors (Lipinski definition) is 4. The van der Waals surface area contributed by atoms with Crippen LogP contribution in [0.5, 0.6) is 0 Å². The van der Waals surface area contributed by atoms with Gasteiger partial charge in [-0.05, 0) is 30.9 Å². The number of furan rings is 1. The molecule has 0 aliphatic carbocycles. The highest BCUT2D eigenvalue weighted by Gasteiger charge is 2.32. The van der Waals surface area contributed by atoms with E-state index in [4.69, 9.17) is 8.94 Å². The third kappa shape index (κ3) is 2.24. The molecule has 20 heavy (non-hydrogen) atoms. The van der Waals surface area contributed by atoms with Crippen LogP contribution in [0.3, 0.4) is 0 Å². The first-order valence-electron chi connectivity index (χ1n) is 6.98. The normalized spacial score (nSPS) is 18.9. The van der Waals surface area contributed by atoms with Gasteiger partial charge in [-0.1, -0.05) is 19.0 Å². The quantitative estimate of drug-likeness (QED) is 0.862. The lowest BCUT2D eigenvalue weighted by molar-refractivity contribution is 0.0691. The fourth-order valence-electron chi connectivity index (χ4n) is 2.80. The number of carbonyl (C=O) groups excluding carboxylic acids is 1. The van der Waals surface area contributed by atoms with Gasteiger partial charge in [0.15, 0.2) is 11.5 Å². The second-order valence-electron chi connectivity index (χ2n) is 5.51. The second kappa shape index (κ2) is 5.15. The summed E-state index contributed by atoms with van der Waals surface area (Å²) < 4.78 is 10.4. The molecule has 1 atom stereocenters. The maximum Gasteiger partial charge on any atom is 0.276 e. The Bertz CT molecular complexity index is 586. The Hall–Kier alpha value is -2.04. The van der Waals surface area contributed by atoms with Crippen molar-refractivity contribution >= 4 is 5.91 Å². The predicted molar refractivity (Wildman–Crippen MR) is 73.1 cm³/mol. The zero-order valence-corrected chi connectivity index (χ0v) is 11.7. The minimum atomic E-state index is -0.0530. The van der Waals surface area contributed by atoms with Gasteiger partial charge in [0.1, 0.15) is 0 Å². The number of nitrogens with zero attached hydrogens (tertiary/aromatic N) is 2. The average Bonchev–Trinajstić information content (AvgIpc) is 3.17. The smallest absolute Gasteiger partial charge is 0.276 e. The summed E-state index contributed by atoms with van der Waals surface area (Å²) in [5.74, 6) is 1.47. The van der Waals surface area contributed by atoms with E-state index in [1.54, 1.807) is 24.5 Å². The molecule has 5 nitrogen and oxygen atoms in total. The van der Waals surface area contributed by atoms with E-state index in [0.717, 1.165) is 19.4 Å². The van der Waals surface area contributed by atoms with Gasteiger partial charge in [0.05, 0.1) is 6.26 Å². The second-order valence-corrected chi connectivity index (χ2v) is 5.51. The van der Waals surface area contributed by atoms with Gasteiger partial charge >= 0.3 is 0 Å². The molecular formula is C15H18N2O3. The maximum atomic E-state index is 12.5. The van der Waals surface area contributed by atoms with Crippen molar-refractivity contribution in [2.45, 2.75) is 32.7 Å². The topological polar surface area (TPSA) is 59.5 Å². The van der Waals surface area contributed by atoms with Crippen LogP contribution in [0.25, 0.3) is 11.5 Å². The van der Waals surface area contributed by atoms with Crippen LogP contribution < -0.4 is 0 Å². The minimum absolute atomic E-state index is 0.0530. The van der Waals surface area contributed by atoms with Crippen molar-refractivity contribution in [1.82, 2.24) is 10.1 Å². The highest BCUT2D eigenvalue weighted by molar-refractivity contribution is 5.93. The summed E-state index contributed by atoms with van der Waals surface area (Å²) in [6, 6.07) is 5.50. The molecule has 1 aliphatic rings. The molecule has 3 heterocycles. The van der Waals surface area contributed by atoms with Gasteiger partial charge < -0.3 is 13.8 Å². The molecule has 3 rings (SSSR count). The van der Waals surface area contributed by atoms with Crippen molar-refractivity contribution < 1.29 is 13.7 Å². The monoisotopic (exact) mass is 274 g/mol. The number of amides is 1. The van der Waals surface area contributed by atoms with Crippen molar-refractivity contribution in [3.05, 3.63) is 30.2 Å². The Morgan fingerprint density at radius 2 is 2.30 bits per heavy atom. The summed E-state index contributed by atoms with van der Waals surface area (Å²) >= 11 is 0. The van der Waals surface area contributed by atoms with Gasteiger partial charge in [-0.3, -0.25) is 4.79 Å². The fraction of sp³-hybridized carbons (Fsp3) is 0.467. The third-order valence-corrected chi connectivity index (χ3v) is 3.82. The third-order valence-electron chi connectivity index (χ3n) is 3.82. The number of carbonyl (C=O) groups is 1. The van der Waals surface area contributed by atoms with E-state index in [-0.39, 0.29) is 5.91 Å². The summed E-state index contributed by atoms with van der Waals surface area (Å²) in [7, 11) is 0. The van der Waals surface area contributed by atoms with E-state index in [1.807, 2.05) is 4.90 Å². The predicted octanol–water partition coefficient (Wildman–Crippen LogP) is 3.20. The van der Waals surface area contributed by atoms with Gasteiger partial charge in [0, 0.05) is 18.7 Å². The molecule has 0 saturated carbocycles. The van der Waals surface area contributed by atoms with Crippen LogP contribution in [0.15, 0.2) is 33.4 Å². The Balaban J connectivity index is 1.81. The molecule has 106 valence electrons. The summed E-state index contributed by atoms with van der Waals surface area (Å²) in [6.07, 6.45) is 3.68. The molecule has 0 spiro atoms. The lowest BCUT2D eigenvalue weighted by atomic mass is 10.0. The molecule has 2 aromatic heterocycles. The first kappa shape index (κ1) is 13.0. The van der Waals surface area contributed by atoms with Crippen LogP contribution in [0.4, 0.5) is 0 Å². The average molecular weight is 274 g/mol. The van der Waals surface area contributed by atoms with Crippen molar-refractivity contribution in [3.63, 3.8) is 0 Å². The molecule has 2 aromatic rings. The minimum Gasteiger partial charge on any atom is -0.461 e. The Morgan fingerprint density at radius 1 is 1.45 bits per heavy atom. The van der Waals surface area contributed by atoms with E-state index in [9.17, 15) is 4.79 Å². The van der Waals surface area contributed by atoms with E-state index in [1.165, 1.54) is 0 Å². The molecule has 0 bridgehead atoms. The standard InChI is InChI=1S/C15H18N2O3/c1-10(2)12-5-3-7-17(12)15(18)11-9-14(20-16-11)13-6-4-8-19-13/h4,6,8-10,12H,3,5,7H2,1-2H3/t12-/m1/s1. The summed E-state index contributed by atoms with van der Waals surface area (Å²) in [5.41, 5.74) is 0.351. The zero-order chi connectivity index (χ0) is 14.1. The fourth-order valence-corrected chi connectivity index (χ4v) is 2.80. The van der Waals surface area contributed by atoms with Crippen molar-refractivity contribution in [2.24, 2.45) is 5.92 Å². The van der Waals surface area contributed by atoms with Gasteiger partial charge in [0.25, 0.3) is 5.91 Å². The van der Waals surface area contributed by atoms with E-state index in [0.29, 0.717) is 29.2 Å². The lowest BCUT2D eigenvalue weighted by Crippen LogP contribution is -2.38. The molecule has 1 aliphatic heterocycles. The molecule has 1 fully saturated rings. The van der Waals surface area contributed by atoms with Crippen LogP contribution >= 0.6 is 0 Å². The molecule has 0 aromatic carbocycles. The van der Waals surface area contributed by atoms with E-state index in [2.05, 4.69) is 19.0 Å². The number of aromatic nitrogens is 1. The van der Waals surface area contributed by atoms with Gasteiger partial charge in [-0.2, -0.15) is 0 Å². The van der Waals surface area contributed by atoms with Crippen LogP contribution in [-0.4, -0.2) is 28.6 Å². The van der Waals surface area contributed by atoms with Crippen LogP contribution in [0.2, 0.25) is 0 Å². The van der Waals surface area contributed by atoms with E-state index < -0.39 is 0 Å². The highest BCUT2D eigenvalue weighted by atomic mass is 16.5. The molecular weight excluding hydrogens is 256 g/mol. The molecule has 0 radical (unpaired) electrons.